The Hall–Kier alpha value is -1.17. The van der Waals surface area contributed by atoms with E-state index in [0.29, 0.717) is 6.54 Å². The highest BCUT2D eigenvalue weighted by molar-refractivity contribution is 7.09. The lowest BCUT2D eigenvalue weighted by atomic mass is 10.2. The van der Waals surface area contributed by atoms with E-state index >= 15 is 0 Å². The Balaban J connectivity index is 2.60. The van der Waals surface area contributed by atoms with E-state index in [0.717, 1.165) is 17.4 Å². The van der Waals surface area contributed by atoms with Crippen LogP contribution in [0.2, 0.25) is 0 Å². The molecule has 0 saturated heterocycles. The summed E-state index contributed by atoms with van der Waals surface area (Å²) in [5.74, 6) is -0.379. The number of aliphatic carboxylic acids is 1. The summed E-state index contributed by atoms with van der Waals surface area (Å²) in [6, 6.07) is 0. The van der Waals surface area contributed by atoms with Crippen LogP contribution >= 0.6 is 11.5 Å². The Morgan fingerprint density at radius 3 is 2.80 bits per heavy atom. The van der Waals surface area contributed by atoms with Gasteiger partial charge in [0.1, 0.15) is 5.82 Å². The Morgan fingerprint density at radius 1 is 1.67 bits per heavy atom. The standard InChI is InChI=1S/C9H15N3O2S/c1-4-7-10-9(15-11-7)12(3)5-6(2)8(13)14/h6H,4-5H2,1-3H3,(H,13,14). The number of aryl methyl sites for hydroxylation is 1. The molecule has 1 aromatic heterocycles. The summed E-state index contributed by atoms with van der Waals surface area (Å²) in [6.07, 6.45) is 0.804. The van der Waals surface area contributed by atoms with Crippen LogP contribution in [0.4, 0.5) is 5.13 Å². The van der Waals surface area contributed by atoms with Gasteiger partial charge >= 0.3 is 5.97 Å². The molecule has 1 aromatic rings. The van der Waals surface area contributed by atoms with E-state index in [9.17, 15) is 4.79 Å². The van der Waals surface area contributed by atoms with Gasteiger partial charge in [0.15, 0.2) is 0 Å². The van der Waals surface area contributed by atoms with Gasteiger partial charge in [0.2, 0.25) is 5.13 Å². The molecule has 0 spiro atoms. The van der Waals surface area contributed by atoms with Crippen molar-refractivity contribution in [3.63, 3.8) is 0 Å². The highest BCUT2D eigenvalue weighted by atomic mass is 32.1. The molecule has 0 aliphatic heterocycles. The second-order valence-corrected chi connectivity index (χ2v) is 4.20. The SMILES string of the molecule is CCc1nsc(N(C)CC(C)C(=O)O)n1. The maximum atomic E-state index is 10.7. The molecular weight excluding hydrogens is 214 g/mol. The molecule has 0 radical (unpaired) electrons. The van der Waals surface area contributed by atoms with E-state index < -0.39 is 11.9 Å². The van der Waals surface area contributed by atoms with Crippen molar-refractivity contribution < 1.29 is 9.90 Å². The molecule has 0 aromatic carbocycles. The van der Waals surface area contributed by atoms with Crippen LogP contribution in [-0.2, 0) is 11.2 Å². The van der Waals surface area contributed by atoms with Gasteiger partial charge in [-0.2, -0.15) is 4.37 Å². The van der Waals surface area contributed by atoms with Crippen molar-refractivity contribution >= 4 is 22.6 Å². The maximum absolute atomic E-state index is 10.7. The number of carboxylic acids is 1. The van der Waals surface area contributed by atoms with E-state index in [1.165, 1.54) is 11.5 Å². The van der Waals surface area contributed by atoms with Crippen molar-refractivity contribution in [2.45, 2.75) is 20.3 Å². The molecule has 15 heavy (non-hydrogen) atoms. The molecule has 0 aliphatic carbocycles. The number of hydrogen-bond donors (Lipinski definition) is 1. The summed E-state index contributed by atoms with van der Waals surface area (Å²) in [6.45, 7) is 4.12. The van der Waals surface area contributed by atoms with Crippen LogP contribution in [-0.4, -0.2) is 34.0 Å². The van der Waals surface area contributed by atoms with Crippen molar-refractivity contribution in [3.8, 4) is 0 Å². The molecule has 0 aliphatic rings. The second-order valence-electron chi connectivity index (χ2n) is 3.47. The number of hydrogen-bond acceptors (Lipinski definition) is 5. The van der Waals surface area contributed by atoms with E-state index in [1.807, 2.05) is 18.9 Å². The molecule has 5 nitrogen and oxygen atoms in total. The maximum Gasteiger partial charge on any atom is 0.308 e. The molecular formula is C9H15N3O2S. The summed E-state index contributed by atoms with van der Waals surface area (Å²) in [5, 5.41) is 9.55. The van der Waals surface area contributed by atoms with Crippen LogP contribution in [0.5, 0.6) is 0 Å². The molecule has 1 rings (SSSR count). The van der Waals surface area contributed by atoms with Gasteiger partial charge in [-0.3, -0.25) is 4.79 Å². The predicted octanol–water partition coefficient (Wildman–Crippen LogP) is 1.26. The summed E-state index contributed by atoms with van der Waals surface area (Å²) in [7, 11) is 1.83. The third kappa shape index (κ3) is 3.16. The average molecular weight is 229 g/mol. The van der Waals surface area contributed by atoms with Crippen LogP contribution < -0.4 is 4.90 Å². The second kappa shape index (κ2) is 5.06. The van der Waals surface area contributed by atoms with Gasteiger partial charge in [-0.05, 0) is 0 Å². The third-order valence-corrected chi connectivity index (χ3v) is 2.94. The van der Waals surface area contributed by atoms with Gasteiger partial charge in [0.25, 0.3) is 0 Å². The number of rotatable bonds is 5. The molecule has 1 unspecified atom stereocenters. The Labute approximate surface area is 92.9 Å². The summed E-state index contributed by atoms with van der Waals surface area (Å²) in [5.41, 5.74) is 0. The number of aromatic nitrogens is 2. The van der Waals surface area contributed by atoms with E-state index in [1.54, 1.807) is 6.92 Å². The highest BCUT2D eigenvalue weighted by Gasteiger charge is 2.16. The quantitative estimate of drug-likeness (QED) is 0.823. The lowest BCUT2D eigenvalue weighted by Gasteiger charge is -2.17. The monoisotopic (exact) mass is 229 g/mol. The van der Waals surface area contributed by atoms with Crippen molar-refractivity contribution in [1.29, 1.82) is 0 Å². The zero-order chi connectivity index (χ0) is 11.4. The topological polar surface area (TPSA) is 66.3 Å². The zero-order valence-electron chi connectivity index (χ0n) is 9.10. The van der Waals surface area contributed by atoms with Crippen LogP contribution in [0.15, 0.2) is 0 Å². The largest absolute Gasteiger partial charge is 0.481 e. The number of carbonyl (C=O) groups is 1. The lowest BCUT2D eigenvalue weighted by molar-refractivity contribution is -0.140. The summed E-state index contributed by atoms with van der Waals surface area (Å²) in [4.78, 5) is 16.8. The van der Waals surface area contributed by atoms with Gasteiger partial charge < -0.3 is 10.0 Å². The molecule has 84 valence electrons. The number of carboxylic acid groups (broad SMARTS) is 1. The molecule has 6 heteroatoms. The first-order valence-electron chi connectivity index (χ1n) is 4.81. The number of nitrogens with zero attached hydrogens (tertiary/aromatic N) is 3. The molecule has 0 amide bonds. The fourth-order valence-electron chi connectivity index (χ4n) is 1.11. The predicted molar refractivity (Wildman–Crippen MR) is 59.4 cm³/mol. The van der Waals surface area contributed by atoms with Crippen LogP contribution in [0.3, 0.4) is 0 Å². The first-order valence-corrected chi connectivity index (χ1v) is 5.58. The van der Waals surface area contributed by atoms with E-state index in [2.05, 4.69) is 9.36 Å². The Bertz CT molecular complexity index is 340. The van der Waals surface area contributed by atoms with Crippen LogP contribution in [0, 0.1) is 5.92 Å². The minimum absolute atomic E-state index is 0.399. The molecule has 0 fully saturated rings. The first-order chi connectivity index (χ1) is 7.04. The van der Waals surface area contributed by atoms with Gasteiger partial charge in [-0.15, -0.1) is 0 Å². The highest BCUT2D eigenvalue weighted by Crippen LogP contribution is 2.17. The van der Waals surface area contributed by atoms with Crippen molar-refractivity contribution in [1.82, 2.24) is 9.36 Å². The third-order valence-electron chi connectivity index (χ3n) is 2.07. The van der Waals surface area contributed by atoms with E-state index in [-0.39, 0.29) is 0 Å². The van der Waals surface area contributed by atoms with Crippen LogP contribution in [0.1, 0.15) is 19.7 Å². The van der Waals surface area contributed by atoms with Gasteiger partial charge in [0.05, 0.1) is 5.92 Å². The molecule has 1 N–H and O–H groups in total. The molecule has 1 atom stereocenters. The first kappa shape index (κ1) is 11.9. The smallest absolute Gasteiger partial charge is 0.308 e. The van der Waals surface area contributed by atoms with Crippen molar-refractivity contribution in [2.24, 2.45) is 5.92 Å². The van der Waals surface area contributed by atoms with E-state index in [4.69, 9.17) is 5.11 Å². The number of anilines is 1. The minimum atomic E-state index is -0.790. The van der Waals surface area contributed by atoms with Crippen molar-refractivity contribution in [3.05, 3.63) is 5.82 Å². The summed E-state index contributed by atoms with van der Waals surface area (Å²) >= 11 is 1.31. The molecule has 0 bridgehead atoms. The minimum Gasteiger partial charge on any atom is -0.481 e. The average Bonchev–Trinajstić information content (AvgIpc) is 2.65. The molecule has 1 heterocycles. The van der Waals surface area contributed by atoms with Gasteiger partial charge in [-0.1, -0.05) is 13.8 Å². The van der Waals surface area contributed by atoms with Gasteiger partial charge in [-0.25, -0.2) is 4.98 Å². The fraction of sp³-hybridized carbons (Fsp3) is 0.667. The Kier molecular flexibility index (Phi) is 4.02. The molecule has 0 saturated carbocycles. The normalized spacial score (nSPS) is 12.5. The summed E-state index contributed by atoms with van der Waals surface area (Å²) < 4.78 is 4.15. The lowest BCUT2D eigenvalue weighted by Crippen LogP contribution is -2.28. The fourth-order valence-corrected chi connectivity index (χ4v) is 1.83. The van der Waals surface area contributed by atoms with Crippen LogP contribution in [0.25, 0.3) is 0 Å². The van der Waals surface area contributed by atoms with Gasteiger partial charge in [0, 0.05) is 31.5 Å². The van der Waals surface area contributed by atoms with Crippen molar-refractivity contribution in [2.75, 3.05) is 18.5 Å². The zero-order valence-corrected chi connectivity index (χ0v) is 9.91. The Morgan fingerprint density at radius 2 is 2.33 bits per heavy atom.